The Morgan fingerprint density at radius 1 is 1.10 bits per heavy atom. The molecular weight excluding hydrogens is 387 g/mol. The van der Waals surface area contributed by atoms with Gasteiger partial charge in [0.25, 0.3) is 5.56 Å². The molecule has 0 amide bonds. The molecule has 0 aliphatic carbocycles. The van der Waals surface area contributed by atoms with Crippen molar-refractivity contribution < 1.29 is 9.29 Å². The predicted octanol–water partition coefficient (Wildman–Crippen LogP) is 3.02. The summed E-state index contributed by atoms with van der Waals surface area (Å²) in [5.74, 6) is 0.356. The van der Waals surface area contributed by atoms with Gasteiger partial charge in [0, 0.05) is 10.9 Å². The number of halogens is 1. The first-order valence-corrected chi connectivity index (χ1v) is 10.9. The van der Waals surface area contributed by atoms with Gasteiger partial charge in [-0.05, 0) is 32.0 Å². The molecule has 0 spiro atoms. The first kappa shape index (κ1) is 19.7. The predicted molar refractivity (Wildman–Crippen MR) is 117 cm³/mol. The van der Waals surface area contributed by atoms with Crippen molar-refractivity contribution in [2.24, 2.45) is 0 Å². The van der Waals surface area contributed by atoms with E-state index in [1.807, 2.05) is 24.3 Å². The number of hydrogen-bond acceptors (Lipinski definition) is 3. The first-order chi connectivity index (χ1) is 14.1. The second-order valence-electron chi connectivity index (χ2n) is 6.94. The van der Waals surface area contributed by atoms with Crippen LogP contribution in [-0.4, -0.2) is 39.9 Å². The van der Waals surface area contributed by atoms with E-state index in [-0.39, 0.29) is 11.2 Å². The van der Waals surface area contributed by atoms with Crippen LogP contribution in [0, 0.1) is 5.82 Å². The van der Waals surface area contributed by atoms with E-state index in [9.17, 15) is 9.18 Å². The Morgan fingerprint density at radius 3 is 2.59 bits per heavy atom. The van der Waals surface area contributed by atoms with Crippen LogP contribution < -0.4 is 10.5 Å². The topological polar surface area (TPSA) is 55.1 Å². The molecule has 0 saturated carbocycles. The van der Waals surface area contributed by atoms with Crippen molar-refractivity contribution in [1.82, 2.24) is 14.5 Å². The quantitative estimate of drug-likeness (QED) is 0.363. The summed E-state index contributed by atoms with van der Waals surface area (Å²) >= 11 is 1.50. The van der Waals surface area contributed by atoms with Crippen LogP contribution in [0.3, 0.4) is 0 Å². The number of nitrogens with one attached hydrogen (secondary N) is 2. The summed E-state index contributed by atoms with van der Waals surface area (Å²) in [6, 6.07) is 14.0. The first-order valence-electron chi connectivity index (χ1n) is 9.88. The number of hydrogen-bond donors (Lipinski definition) is 2. The molecule has 7 heteroatoms. The highest BCUT2D eigenvalue weighted by atomic mass is 32.2. The molecule has 4 aromatic rings. The number of thioether (sulfide) groups is 1. The summed E-state index contributed by atoms with van der Waals surface area (Å²) in [7, 11) is 0. The molecule has 150 valence electrons. The Labute approximate surface area is 172 Å². The van der Waals surface area contributed by atoms with Crippen molar-refractivity contribution in [2.45, 2.75) is 19.0 Å². The molecule has 0 bridgehead atoms. The summed E-state index contributed by atoms with van der Waals surface area (Å²) in [5, 5.41) is 1.42. The Morgan fingerprint density at radius 2 is 1.83 bits per heavy atom. The lowest BCUT2D eigenvalue weighted by Crippen LogP contribution is -3.11. The van der Waals surface area contributed by atoms with E-state index >= 15 is 0 Å². The summed E-state index contributed by atoms with van der Waals surface area (Å²) in [6.07, 6.45) is 0. The van der Waals surface area contributed by atoms with Crippen LogP contribution in [0.25, 0.3) is 27.6 Å². The van der Waals surface area contributed by atoms with Crippen LogP contribution >= 0.6 is 11.8 Å². The average Bonchev–Trinajstić information content (AvgIpc) is 3.11. The molecular formula is C22H24FN4OS+. The number of fused-ring (bicyclic) bond motifs is 3. The summed E-state index contributed by atoms with van der Waals surface area (Å²) in [4.78, 5) is 22.8. The molecule has 0 fully saturated rings. The smallest absolute Gasteiger partial charge is 0.283 e. The van der Waals surface area contributed by atoms with Crippen LogP contribution in [0.2, 0.25) is 0 Å². The number of nitrogens with zero attached hydrogens (tertiary/aromatic N) is 2. The second-order valence-corrected chi connectivity index (χ2v) is 8.00. The molecule has 0 radical (unpaired) electrons. The lowest BCUT2D eigenvalue weighted by Gasteiger charge is -2.16. The van der Waals surface area contributed by atoms with Gasteiger partial charge in [-0.2, -0.15) is 0 Å². The van der Waals surface area contributed by atoms with Gasteiger partial charge < -0.3 is 9.88 Å². The number of aromatic nitrogens is 3. The zero-order chi connectivity index (χ0) is 20.4. The lowest BCUT2D eigenvalue weighted by molar-refractivity contribution is -0.893. The highest BCUT2D eigenvalue weighted by Gasteiger charge is 2.19. The summed E-state index contributed by atoms with van der Waals surface area (Å²) in [5.41, 5.74) is 1.82. The molecule has 2 aromatic carbocycles. The van der Waals surface area contributed by atoms with E-state index in [2.05, 4.69) is 18.8 Å². The van der Waals surface area contributed by atoms with E-state index in [0.717, 1.165) is 36.3 Å². The normalized spacial score (nSPS) is 11.7. The fourth-order valence-electron chi connectivity index (χ4n) is 3.57. The highest BCUT2D eigenvalue weighted by molar-refractivity contribution is 7.99. The maximum Gasteiger partial charge on any atom is 0.283 e. The minimum absolute atomic E-state index is 0.225. The van der Waals surface area contributed by atoms with E-state index < -0.39 is 5.82 Å². The minimum Gasteiger partial charge on any atom is -0.349 e. The largest absolute Gasteiger partial charge is 0.349 e. The van der Waals surface area contributed by atoms with Gasteiger partial charge in [0.05, 0.1) is 31.1 Å². The fourth-order valence-corrected chi connectivity index (χ4v) is 4.61. The van der Waals surface area contributed by atoms with Crippen molar-refractivity contribution >= 4 is 33.7 Å². The zero-order valence-electron chi connectivity index (χ0n) is 16.5. The van der Waals surface area contributed by atoms with Crippen LogP contribution in [0.4, 0.5) is 4.39 Å². The number of quaternary nitrogens is 1. The van der Waals surface area contributed by atoms with E-state index in [0.29, 0.717) is 16.2 Å². The molecule has 0 aliphatic rings. The molecule has 0 aliphatic heterocycles. The maximum absolute atomic E-state index is 14.6. The third-order valence-corrected chi connectivity index (χ3v) is 6.21. The van der Waals surface area contributed by atoms with Gasteiger partial charge in [-0.25, -0.2) is 9.37 Å². The highest BCUT2D eigenvalue weighted by Crippen LogP contribution is 2.26. The number of aromatic amines is 1. The Balaban J connectivity index is 1.88. The van der Waals surface area contributed by atoms with Gasteiger partial charge in [-0.1, -0.05) is 42.1 Å². The van der Waals surface area contributed by atoms with E-state index in [4.69, 9.17) is 4.98 Å². The van der Waals surface area contributed by atoms with Crippen molar-refractivity contribution in [2.75, 3.05) is 25.4 Å². The standard InChI is InChI=1S/C22H23FN4OS/c1-3-26(4-2)13-14-29-22-25-19-15-9-5-7-11-17(15)24-20(19)21(28)27(22)18-12-8-6-10-16(18)23/h5-12,24H,3-4,13-14H2,1-2H3/p+1. The second kappa shape index (κ2) is 8.39. The molecule has 2 heterocycles. The number of benzene rings is 2. The van der Waals surface area contributed by atoms with Gasteiger partial charge in [0.1, 0.15) is 16.9 Å². The molecule has 29 heavy (non-hydrogen) atoms. The fraction of sp³-hybridized carbons (Fsp3) is 0.273. The third-order valence-electron chi connectivity index (χ3n) is 5.27. The SMILES string of the molecule is CC[NH+](CC)CCSc1nc2c([nH]c3ccccc32)c(=O)n1-c1ccccc1F. The van der Waals surface area contributed by atoms with Crippen molar-refractivity contribution in [3.05, 3.63) is 64.7 Å². The maximum atomic E-state index is 14.6. The van der Waals surface area contributed by atoms with Crippen LogP contribution in [0.1, 0.15) is 13.8 Å². The summed E-state index contributed by atoms with van der Waals surface area (Å²) < 4.78 is 16.0. The third kappa shape index (κ3) is 3.68. The van der Waals surface area contributed by atoms with Crippen LogP contribution in [-0.2, 0) is 0 Å². The number of H-pyrrole nitrogens is 1. The molecule has 2 N–H and O–H groups in total. The van der Waals surface area contributed by atoms with E-state index in [1.165, 1.54) is 27.3 Å². The molecule has 0 atom stereocenters. The van der Waals surface area contributed by atoms with Crippen molar-refractivity contribution in [3.63, 3.8) is 0 Å². The van der Waals surface area contributed by atoms with Gasteiger partial charge in [0.2, 0.25) is 0 Å². The van der Waals surface area contributed by atoms with Crippen LogP contribution in [0.5, 0.6) is 0 Å². The number of para-hydroxylation sites is 2. The Hall–Kier alpha value is -2.64. The monoisotopic (exact) mass is 411 g/mol. The average molecular weight is 412 g/mol. The van der Waals surface area contributed by atoms with Crippen molar-refractivity contribution in [3.8, 4) is 5.69 Å². The number of rotatable bonds is 7. The van der Waals surface area contributed by atoms with Gasteiger partial charge in [-0.3, -0.25) is 9.36 Å². The van der Waals surface area contributed by atoms with Gasteiger partial charge in [-0.15, -0.1) is 0 Å². The van der Waals surface area contributed by atoms with Gasteiger partial charge in [0.15, 0.2) is 5.16 Å². The molecule has 5 nitrogen and oxygen atoms in total. The Kier molecular flexibility index (Phi) is 5.69. The zero-order valence-corrected chi connectivity index (χ0v) is 17.4. The van der Waals surface area contributed by atoms with Crippen LogP contribution in [0.15, 0.2) is 58.5 Å². The van der Waals surface area contributed by atoms with Crippen molar-refractivity contribution in [1.29, 1.82) is 0 Å². The van der Waals surface area contributed by atoms with Gasteiger partial charge >= 0.3 is 0 Å². The lowest BCUT2D eigenvalue weighted by atomic mass is 10.2. The minimum atomic E-state index is -0.442. The Bertz CT molecular complexity index is 1210. The van der Waals surface area contributed by atoms with E-state index in [1.54, 1.807) is 18.2 Å². The molecule has 2 aromatic heterocycles. The molecule has 4 rings (SSSR count). The summed E-state index contributed by atoms with van der Waals surface area (Å²) in [6.45, 7) is 7.37. The molecule has 0 saturated heterocycles. The molecule has 0 unspecified atom stereocenters.